The SMILES string of the molecule is COc1ccc(O)c(/C=N\N=C/c2cccc([N+](=O)[O-])c2)c1. The average Bonchev–Trinajstić information content (AvgIpc) is 2.53. The lowest BCUT2D eigenvalue weighted by Gasteiger charge is -2.01. The Hall–Kier alpha value is -3.22. The van der Waals surface area contributed by atoms with Crippen molar-refractivity contribution in [3.05, 3.63) is 63.7 Å². The van der Waals surface area contributed by atoms with Gasteiger partial charge < -0.3 is 9.84 Å². The van der Waals surface area contributed by atoms with Gasteiger partial charge in [0.15, 0.2) is 0 Å². The Kier molecular flexibility index (Phi) is 4.81. The van der Waals surface area contributed by atoms with Crippen molar-refractivity contribution in [2.45, 2.75) is 0 Å². The summed E-state index contributed by atoms with van der Waals surface area (Å²) in [6.45, 7) is 0. The van der Waals surface area contributed by atoms with Crippen LogP contribution in [0.4, 0.5) is 5.69 Å². The molecule has 2 rings (SSSR count). The van der Waals surface area contributed by atoms with E-state index in [1.54, 1.807) is 24.3 Å². The number of aromatic hydroxyl groups is 1. The fourth-order valence-corrected chi connectivity index (χ4v) is 1.68. The van der Waals surface area contributed by atoms with Gasteiger partial charge in [-0.1, -0.05) is 12.1 Å². The molecule has 0 aliphatic heterocycles. The molecule has 0 heterocycles. The molecule has 0 fully saturated rings. The highest BCUT2D eigenvalue weighted by Gasteiger charge is 2.03. The number of methoxy groups -OCH3 is 1. The highest BCUT2D eigenvalue weighted by molar-refractivity contribution is 5.85. The van der Waals surface area contributed by atoms with Crippen LogP contribution in [-0.2, 0) is 0 Å². The first kappa shape index (κ1) is 15.2. The number of nitro groups is 1. The highest BCUT2D eigenvalue weighted by atomic mass is 16.6. The van der Waals surface area contributed by atoms with Crippen LogP contribution in [0.3, 0.4) is 0 Å². The van der Waals surface area contributed by atoms with Gasteiger partial charge in [-0.15, -0.1) is 0 Å². The van der Waals surface area contributed by atoms with Crippen LogP contribution in [0, 0.1) is 10.1 Å². The molecule has 2 aromatic carbocycles. The van der Waals surface area contributed by atoms with E-state index in [4.69, 9.17) is 4.74 Å². The molecule has 0 bridgehead atoms. The predicted octanol–water partition coefficient (Wildman–Crippen LogP) is 2.76. The Balaban J connectivity index is 2.12. The van der Waals surface area contributed by atoms with Gasteiger partial charge in [-0.25, -0.2) is 0 Å². The Bertz CT molecular complexity index is 741. The van der Waals surface area contributed by atoms with Crippen molar-refractivity contribution < 1.29 is 14.8 Å². The van der Waals surface area contributed by atoms with E-state index >= 15 is 0 Å². The Labute approximate surface area is 126 Å². The number of hydrogen-bond donors (Lipinski definition) is 1. The van der Waals surface area contributed by atoms with Crippen LogP contribution in [0.25, 0.3) is 0 Å². The number of rotatable bonds is 5. The summed E-state index contributed by atoms with van der Waals surface area (Å²) in [6, 6.07) is 10.8. The van der Waals surface area contributed by atoms with E-state index in [9.17, 15) is 15.2 Å². The molecule has 1 N–H and O–H groups in total. The van der Waals surface area contributed by atoms with Crippen molar-refractivity contribution in [3.63, 3.8) is 0 Å². The summed E-state index contributed by atoms with van der Waals surface area (Å²) in [5, 5.41) is 27.9. The first-order valence-electron chi connectivity index (χ1n) is 6.28. The molecule has 0 amide bonds. The monoisotopic (exact) mass is 299 g/mol. The smallest absolute Gasteiger partial charge is 0.270 e. The number of phenolic OH excluding ortho intramolecular Hbond substituents is 1. The Morgan fingerprint density at radius 1 is 1.18 bits per heavy atom. The molecule has 0 unspecified atom stereocenters. The van der Waals surface area contributed by atoms with Crippen LogP contribution < -0.4 is 4.74 Å². The molecule has 112 valence electrons. The predicted molar refractivity (Wildman–Crippen MR) is 82.9 cm³/mol. The normalized spacial score (nSPS) is 11.1. The van der Waals surface area contributed by atoms with Crippen molar-refractivity contribution in [2.75, 3.05) is 7.11 Å². The second-order valence-electron chi connectivity index (χ2n) is 4.27. The lowest BCUT2D eigenvalue weighted by Crippen LogP contribution is -1.89. The summed E-state index contributed by atoms with van der Waals surface area (Å²) in [7, 11) is 1.52. The van der Waals surface area contributed by atoms with E-state index in [0.717, 1.165) is 0 Å². The number of benzene rings is 2. The van der Waals surface area contributed by atoms with Crippen molar-refractivity contribution >= 4 is 18.1 Å². The first-order valence-corrected chi connectivity index (χ1v) is 6.28. The van der Waals surface area contributed by atoms with Crippen LogP contribution in [0.2, 0.25) is 0 Å². The number of non-ortho nitro benzene ring substituents is 1. The summed E-state index contributed by atoms with van der Waals surface area (Å²) in [5.41, 5.74) is 0.995. The molecule has 0 aliphatic rings. The average molecular weight is 299 g/mol. The van der Waals surface area contributed by atoms with Gasteiger partial charge in [-0.3, -0.25) is 10.1 Å². The van der Waals surface area contributed by atoms with Crippen LogP contribution >= 0.6 is 0 Å². The maximum absolute atomic E-state index is 10.7. The minimum Gasteiger partial charge on any atom is -0.507 e. The molecule has 0 saturated carbocycles. The number of ether oxygens (including phenoxy) is 1. The molecule has 7 nitrogen and oxygen atoms in total. The maximum atomic E-state index is 10.7. The van der Waals surface area contributed by atoms with Crippen molar-refractivity contribution in [1.82, 2.24) is 0 Å². The van der Waals surface area contributed by atoms with E-state index < -0.39 is 4.92 Å². The Morgan fingerprint density at radius 3 is 2.68 bits per heavy atom. The van der Waals surface area contributed by atoms with Gasteiger partial charge in [-0.05, 0) is 18.2 Å². The van der Waals surface area contributed by atoms with E-state index in [1.807, 2.05) is 0 Å². The quantitative estimate of drug-likeness (QED) is 0.521. The lowest BCUT2D eigenvalue weighted by molar-refractivity contribution is -0.384. The van der Waals surface area contributed by atoms with Crippen LogP contribution in [-0.4, -0.2) is 29.6 Å². The standard InChI is InChI=1S/C15H13N3O4/c1-22-14-5-6-15(19)12(8-14)10-17-16-9-11-3-2-4-13(7-11)18(20)21/h2-10,19H,1H3/b16-9-,17-10-. The van der Waals surface area contributed by atoms with E-state index in [0.29, 0.717) is 16.9 Å². The van der Waals surface area contributed by atoms with E-state index in [2.05, 4.69) is 10.2 Å². The van der Waals surface area contributed by atoms with Gasteiger partial charge in [0.25, 0.3) is 5.69 Å². The molecule has 0 radical (unpaired) electrons. The second kappa shape index (κ2) is 6.98. The zero-order valence-corrected chi connectivity index (χ0v) is 11.7. The van der Waals surface area contributed by atoms with E-state index in [-0.39, 0.29) is 11.4 Å². The molecule has 0 aliphatic carbocycles. The van der Waals surface area contributed by atoms with Crippen molar-refractivity contribution in [1.29, 1.82) is 0 Å². The summed E-state index contributed by atoms with van der Waals surface area (Å²) in [4.78, 5) is 10.2. The van der Waals surface area contributed by atoms with E-state index in [1.165, 1.54) is 37.7 Å². The zero-order chi connectivity index (χ0) is 15.9. The first-order chi connectivity index (χ1) is 10.6. The van der Waals surface area contributed by atoms with Gasteiger partial charge in [0.2, 0.25) is 0 Å². The molecule has 0 aromatic heterocycles. The summed E-state index contributed by atoms with van der Waals surface area (Å²) < 4.78 is 5.05. The largest absolute Gasteiger partial charge is 0.507 e. The van der Waals surface area contributed by atoms with Crippen LogP contribution in [0.1, 0.15) is 11.1 Å². The zero-order valence-electron chi connectivity index (χ0n) is 11.7. The van der Waals surface area contributed by atoms with Gasteiger partial charge >= 0.3 is 0 Å². The molecule has 7 heteroatoms. The summed E-state index contributed by atoms with van der Waals surface area (Å²) >= 11 is 0. The fraction of sp³-hybridized carbons (Fsp3) is 0.0667. The summed E-state index contributed by atoms with van der Waals surface area (Å²) in [6.07, 6.45) is 2.76. The Morgan fingerprint density at radius 2 is 1.95 bits per heavy atom. The third-order valence-corrected chi connectivity index (χ3v) is 2.79. The second-order valence-corrected chi connectivity index (χ2v) is 4.27. The number of phenols is 1. The number of nitro benzene ring substituents is 1. The number of hydrogen-bond acceptors (Lipinski definition) is 6. The fourth-order valence-electron chi connectivity index (χ4n) is 1.68. The molecular weight excluding hydrogens is 286 g/mol. The lowest BCUT2D eigenvalue weighted by atomic mass is 10.2. The van der Waals surface area contributed by atoms with Crippen molar-refractivity contribution in [2.24, 2.45) is 10.2 Å². The summed E-state index contributed by atoms with van der Waals surface area (Å²) in [5.74, 6) is 0.636. The molecule has 0 saturated heterocycles. The third-order valence-electron chi connectivity index (χ3n) is 2.79. The molecule has 2 aromatic rings. The number of nitrogens with zero attached hydrogens (tertiary/aromatic N) is 3. The van der Waals surface area contributed by atoms with Gasteiger partial charge in [0, 0.05) is 23.3 Å². The highest BCUT2D eigenvalue weighted by Crippen LogP contribution is 2.21. The minimum absolute atomic E-state index is 0.0154. The van der Waals surface area contributed by atoms with Crippen LogP contribution in [0.15, 0.2) is 52.7 Å². The third kappa shape index (κ3) is 3.89. The molecule has 0 spiro atoms. The molecule has 22 heavy (non-hydrogen) atoms. The van der Waals surface area contributed by atoms with Gasteiger partial charge in [0.1, 0.15) is 11.5 Å². The van der Waals surface area contributed by atoms with Gasteiger partial charge in [-0.2, -0.15) is 10.2 Å². The minimum atomic E-state index is -0.477. The van der Waals surface area contributed by atoms with Gasteiger partial charge in [0.05, 0.1) is 24.5 Å². The molecular formula is C15H13N3O4. The van der Waals surface area contributed by atoms with Crippen LogP contribution in [0.5, 0.6) is 11.5 Å². The topological polar surface area (TPSA) is 97.3 Å². The molecule has 0 atom stereocenters. The maximum Gasteiger partial charge on any atom is 0.270 e. The van der Waals surface area contributed by atoms with Crippen molar-refractivity contribution in [3.8, 4) is 11.5 Å².